The third kappa shape index (κ3) is 3.46. The molecule has 1 atom stereocenters. The van der Waals surface area contributed by atoms with Gasteiger partial charge in [0.05, 0.1) is 34.9 Å². The largest absolute Gasteiger partial charge is 0.489 e. The fraction of sp³-hybridized carbons (Fsp3) is 0.130. The van der Waals surface area contributed by atoms with Crippen molar-refractivity contribution in [2.24, 2.45) is 0 Å². The highest BCUT2D eigenvalue weighted by atomic mass is 16.6. The molecular formula is C23H18N4O2. The highest BCUT2D eigenvalue weighted by molar-refractivity contribution is 5.79. The first kappa shape index (κ1) is 16.3. The SMILES string of the molecule is C1=Cc2cc3cc(OCC4CO4)c(cc4nc(cc5ccc(cc1n2)[nH]5)C=C4)[nH]3. The van der Waals surface area contributed by atoms with Crippen LogP contribution in [0.25, 0.3) is 46.4 Å². The first-order valence-corrected chi connectivity index (χ1v) is 9.60. The van der Waals surface area contributed by atoms with Gasteiger partial charge < -0.3 is 19.4 Å². The molecule has 0 radical (unpaired) electrons. The van der Waals surface area contributed by atoms with E-state index in [1.165, 1.54) is 0 Å². The lowest BCUT2D eigenvalue weighted by atomic mass is 10.3. The summed E-state index contributed by atoms with van der Waals surface area (Å²) in [5.74, 6) is 0.788. The summed E-state index contributed by atoms with van der Waals surface area (Å²) in [6, 6.07) is 14.2. The zero-order chi connectivity index (χ0) is 19.2. The van der Waals surface area contributed by atoms with Gasteiger partial charge in [0, 0.05) is 22.6 Å². The van der Waals surface area contributed by atoms with Crippen molar-refractivity contribution in [3.8, 4) is 5.75 Å². The number of nitrogens with one attached hydrogen (secondary N) is 2. The van der Waals surface area contributed by atoms with Crippen LogP contribution in [0.4, 0.5) is 0 Å². The fourth-order valence-electron chi connectivity index (χ4n) is 3.46. The van der Waals surface area contributed by atoms with Crippen LogP contribution in [0.15, 0.2) is 42.5 Å². The molecule has 6 heteroatoms. The summed E-state index contributed by atoms with van der Waals surface area (Å²) in [6.07, 6.45) is 8.23. The van der Waals surface area contributed by atoms with Crippen LogP contribution in [-0.2, 0) is 4.74 Å². The molecule has 6 heterocycles. The van der Waals surface area contributed by atoms with Crippen LogP contribution < -0.4 is 4.74 Å². The number of H-pyrrole nitrogens is 2. The van der Waals surface area contributed by atoms with E-state index in [1.54, 1.807) is 0 Å². The maximum atomic E-state index is 5.99. The summed E-state index contributed by atoms with van der Waals surface area (Å²) in [4.78, 5) is 16.2. The molecule has 8 bridgehead atoms. The minimum atomic E-state index is 0.199. The van der Waals surface area contributed by atoms with Crippen molar-refractivity contribution in [1.29, 1.82) is 0 Å². The predicted molar refractivity (Wildman–Crippen MR) is 114 cm³/mol. The molecule has 0 saturated carbocycles. The Balaban J connectivity index is 1.58. The standard InChI is InChI=1S/C23H18N4O2/c1-2-15-8-17-5-6-19(26-17)10-22-23(29-13-21-12-28-21)11-20(27-22)9-18-4-3-16(25-18)7-14(1)24-15/h1-11,21,24,27H,12-13H2. The second kappa shape index (κ2) is 6.46. The van der Waals surface area contributed by atoms with Crippen molar-refractivity contribution >= 4 is 46.4 Å². The van der Waals surface area contributed by atoms with E-state index >= 15 is 0 Å². The van der Waals surface area contributed by atoms with Crippen LogP contribution in [-0.4, -0.2) is 39.3 Å². The molecule has 3 aromatic rings. The topological polar surface area (TPSA) is 79.1 Å². The van der Waals surface area contributed by atoms with Gasteiger partial charge in [-0.25, -0.2) is 9.97 Å². The molecule has 2 N–H and O–H groups in total. The van der Waals surface area contributed by atoms with Gasteiger partial charge in [0.1, 0.15) is 18.5 Å². The zero-order valence-corrected chi connectivity index (χ0v) is 15.6. The van der Waals surface area contributed by atoms with Gasteiger partial charge in [-0.2, -0.15) is 0 Å². The number of epoxide rings is 1. The third-order valence-corrected chi connectivity index (χ3v) is 4.96. The summed E-state index contributed by atoms with van der Waals surface area (Å²) >= 11 is 0. The molecule has 6 nitrogen and oxygen atoms in total. The van der Waals surface area contributed by atoms with Gasteiger partial charge in [0.25, 0.3) is 0 Å². The number of nitrogens with zero attached hydrogens (tertiary/aromatic N) is 2. The van der Waals surface area contributed by atoms with Gasteiger partial charge in [0.2, 0.25) is 0 Å². The van der Waals surface area contributed by atoms with E-state index in [-0.39, 0.29) is 6.10 Å². The first-order valence-electron chi connectivity index (χ1n) is 9.60. The Hall–Kier alpha value is -3.64. The molecule has 0 aromatic carbocycles. The van der Waals surface area contributed by atoms with E-state index in [1.807, 2.05) is 66.8 Å². The Kier molecular flexibility index (Phi) is 3.64. The number of ether oxygens (including phenoxy) is 2. The van der Waals surface area contributed by atoms with Crippen LogP contribution >= 0.6 is 0 Å². The summed E-state index contributed by atoms with van der Waals surface area (Å²) in [7, 11) is 0. The van der Waals surface area contributed by atoms with Crippen molar-refractivity contribution in [2.45, 2.75) is 6.10 Å². The van der Waals surface area contributed by atoms with E-state index in [0.717, 1.165) is 57.2 Å². The average Bonchev–Trinajstić information content (AvgIpc) is 3.07. The number of hydrogen-bond donors (Lipinski definition) is 2. The Labute approximate surface area is 166 Å². The number of fused-ring (bicyclic) bond motifs is 8. The van der Waals surface area contributed by atoms with Crippen LogP contribution in [0.1, 0.15) is 22.8 Å². The summed E-state index contributed by atoms with van der Waals surface area (Å²) in [5.41, 5.74) is 7.39. The maximum absolute atomic E-state index is 5.99. The molecule has 3 aliphatic rings. The summed E-state index contributed by atoms with van der Waals surface area (Å²) < 4.78 is 11.3. The highest BCUT2D eigenvalue weighted by Crippen LogP contribution is 2.25. The molecule has 3 aromatic heterocycles. The minimum Gasteiger partial charge on any atom is -0.489 e. The molecule has 0 spiro atoms. The summed E-state index contributed by atoms with van der Waals surface area (Å²) in [5, 5.41) is 0. The molecule has 0 aliphatic carbocycles. The summed E-state index contributed by atoms with van der Waals surface area (Å²) in [6.45, 7) is 1.32. The van der Waals surface area contributed by atoms with Gasteiger partial charge in [-0.3, -0.25) is 0 Å². The second-order valence-corrected chi connectivity index (χ2v) is 7.31. The van der Waals surface area contributed by atoms with E-state index in [2.05, 4.69) is 15.0 Å². The quantitative estimate of drug-likeness (QED) is 0.452. The highest BCUT2D eigenvalue weighted by Gasteiger charge is 2.23. The molecule has 29 heavy (non-hydrogen) atoms. The Bertz CT molecular complexity index is 1330. The smallest absolute Gasteiger partial charge is 0.145 e. The number of hydrogen-bond acceptors (Lipinski definition) is 4. The van der Waals surface area contributed by atoms with Crippen LogP contribution in [0.3, 0.4) is 0 Å². The van der Waals surface area contributed by atoms with Crippen molar-refractivity contribution in [3.63, 3.8) is 0 Å². The Morgan fingerprint density at radius 3 is 2.00 bits per heavy atom. The van der Waals surface area contributed by atoms with Gasteiger partial charge in [-0.15, -0.1) is 0 Å². The first-order chi connectivity index (χ1) is 14.3. The molecule has 142 valence electrons. The number of aromatic nitrogens is 4. The molecule has 1 saturated heterocycles. The van der Waals surface area contributed by atoms with E-state index in [9.17, 15) is 0 Å². The molecule has 3 aliphatic heterocycles. The van der Waals surface area contributed by atoms with Gasteiger partial charge in [-0.05, 0) is 60.7 Å². The predicted octanol–water partition coefficient (Wildman–Crippen LogP) is 4.43. The lowest BCUT2D eigenvalue weighted by molar-refractivity contribution is 0.265. The van der Waals surface area contributed by atoms with Gasteiger partial charge in [0.15, 0.2) is 0 Å². The lowest BCUT2D eigenvalue weighted by Crippen LogP contribution is -2.03. The number of aromatic amines is 2. The number of rotatable bonds is 3. The third-order valence-electron chi connectivity index (χ3n) is 4.96. The van der Waals surface area contributed by atoms with Crippen LogP contribution in [0.2, 0.25) is 0 Å². The van der Waals surface area contributed by atoms with Crippen LogP contribution in [0.5, 0.6) is 5.75 Å². The molecule has 0 amide bonds. The normalized spacial score (nSPS) is 16.9. The maximum Gasteiger partial charge on any atom is 0.145 e. The van der Waals surface area contributed by atoms with Crippen LogP contribution in [0, 0.1) is 0 Å². The molecular weight excluding hydrogens is 364 g/mol. The van der Waals surface area contributed by atoms with Gasteiger partial charge >= 0.3 is 0 Å². The van der Waals surface area contributed by atoms with E-state index < -0.39 is 0 Å². The van der Waals surface area contributed by atoms with Crippen molar-refractivity contribution in [3.05, 3.63) is 65.2 Å². The van der Waals surface area contributed by atoms with Crippen molar-refractivity contribution in [2.75, 3.05) is 13.2 Å². The van der Waals surface area contributed by atoms with Gasteiger partial charge in [-0.1, -0.05) is 0 Å². The lowest BCUT2D eigenvalue weighted by Gasteiger charge is -2.00. The monoisotopic (exact) mass is 382 g/mol. The van der Waals surface area contributed by atoms with E-state index in [0.29, 0.717) is 6.61 Å². The van der Waals surface area contributed by atoms with Crippen molar-refractivity contribution in [1.82, 2.24) is 19.9 Å². The van der Waals surface area contributed by atoms with E-state index in [4.69, 9.17) is 14.5 Å². The molecule has 1 unspecified atom stereocenters. The van der Waals surface area contributed by atoms with Crippen molar-refractivity contribution < 1.29 is 9.47 Å². The Morgan fingerprint density at radius 2 is 1.38 bits per heavy atom. The molecule has 1 fully saturated rings. The molecule has 6 rings (SSSR count). The Morgan fingerprint density at radius 1 is 0.793 bits per heavy atom. The second-order valence-electron chi connectivity index (χ2n) is 7.31. The average molecular weight is 382 g/mol. The zero-order valence-electron chi connectivity index (χ0n) is 15.6. The fourth-order valence-corrected chi connectivity index (χ4v) is 3.46. The minimum absolute atomic E-state index is 0.199.